The Kier molecular flexibility index (Phi) is 6.25. The fourth-order valence-electron chi connectivity index (χ4n) is 3.29. The SMILES string of the molecule is O=C(CCCC(=O)c1cccs1)Cc1ccc2n[nH]c(/C=C/c3cccnc3)c2c1. The maximum Gasteiger partial charge on any atom is 0.172 e. The number of aromatic amines is 1. The molecule has 30 heavy (non-hydrogen) atoms. The van der Waals surface area contributed by atoms with Crippen LogP contribution >= 0.6 is 11.3 Å². The van der Waals surface area contributed by atoms with Crippen LogP contribution in [0.5, 0.6) is 0 Å². The van der Waals surface area contributed by atoms with Crippen molar-refractivity contribution in [3.8, 4) is 0 Å². The van der Waals surface area contributed by atoms with Gasteiger partial charge in [0, 0.05) is 37.0 Å². The van der Waals surface area contributed by atoms with Crippen molar-refractivity contribution in [2.45, 2.75) is 25.7 Å². The summed E-state index contributed by atoms with van der Waals surface area (Å²) in [5.41, 5.74) is 3.71. The Morgan fingerprint density at radius 3 is 2.80 bits per heavy atom. The molecule has 0 aliphatic rings. The fourth-order valence-corrected chi connectivity index (χ4v) is 3.99. The second-order valence-electron chi connectivity index (χ2n) is 7.08. The topological polar surface area (TPSA) is 75.7 Å². The number of hydrogen-bond donors (Lipinski definition) is 1. The lowest BCUT2D eigenvalue weighted by Crippen LogP contribution is -2.04. The molecule has 5 nitrogen and oxygen atoms in total. The van der Waals surface area contributed by atoms with Crippen LogP contribution in [0.2, 0.25) is 0 Å². The standard InChI is InChI=1S/C24H21N3O2S/c28-19(5-1-6-23(29)24-7-3-13-30-24)14-18-9-11-22-20(15-18)21(26-27-22)10-8-17-4-2-12-25-16-17/h2-4,7-13,15-16H,1,5-6,14H2,(H,26,27)/b10-8+. The van der Waals surface area contributed by atoms with Crippen LogP contribution in [-0.2, 0) is 11.2 Å². The van der Waals surface area contributed by atoms with E-state index < -0.39 is 0 Å². The molecule has 0 atom stereocenters. The minimum atomic E-state index is 0.114. The number of aromatic nitrogens is 3. The number of hydrogen-bond acceptors (Lipinski definition) is 5. The summed E-state index contributed by atoms with van der Waals surface area (Å²) in [6, 6.07) is 13.4. The number of nitrogens with zero attached hydrogens (tertiary/aromatic N) is 2. The van der Waals surface area contributed by atoms with Crippen molar-refractivity contribution in [3.05, 3.63) is 81.9 Å². The summed E-state index contributed by atoms with van der Waals surface area (Å²) >= 11 is 1.45. The monoisotopic (exact) mass is 415 g/mol. The number of pyridine rings is 1. The lowest BCUT2D eigenvalue weighted by Gasteiger charge is -2.02. The predicted molar refractivity (Wildman–Crippen MR) is 120 cm³/mol. The molecule has 150 valence electrons. The van der Waals surface area contributed by atoms with E-state index in [4.69, 9.17) is 0 Å². The first-order chi connectivity index (χ1) is 14.7. The molecular formula is C24H21N3O2S. The summed E-state index contributed by atoms with van der Waals surface area (Å²) in [5, 5.41) is 10.3. The van der Waals surface area contributed by atoms with Gasteiger partial charge in [-0.25, -0.2) is 0 Å². The number of Topliss-reactive ketones (excluding diaryl/α,β-unsaturated/α-hetero) is 2. The number of H-pyrrole nitrogens is 1. The number of benzene rings is 1. The zero-order chi connectivity index (χ0) is 20.8. The largest absolute Gasteiger partial charge is 0.299 e. The van der Waals surface area contributed by atoms with E-state index >= 15 is 0 Å². The Hall–Kier alpha value is -3.38. The molecule has 6 heteroatoms. The molecule has 0 spiro atoms. The highest BCUT2D eigenvalue weighted by molar-refractivity contribution is 7.12. The average molecular weight is 416 g/mol. The Balaban J connectivity index is 1.37. The van der Waals surface area contributed by atoms with Gasteiger partial charge in [0.05, 0.1) is 16.1 Å². The molecule has 0 amide bonds. The van der Waals surface area contributed by atoms with Crippen molar-refractivity contribution in [1.29, 1.82) is 0 Å². The number of carbonyl (C=O) groups excluding carboxylic acids is 2. The third-order valence-corrected chi connectivity index (χ3v) is 5.74. The van der Waals surface area contributed by atoms with E-state index in [2.05, 4.69) is 15.2 Å². The molecule has 3 aromatic heterocycles. The van der Waals surface area contributed by atoms with E-state index in [1.54, 1.807) is 12.4 Å². The van der Waals surface area contributed by atoms with Crippen LogP contribution in [0.3, 0.4) is 0 Å². The molecule has 4 aromatic rings. The lowest BCUT2D eigenvalue weighted by molar-refractivity contribution is -0.118. The molecule has 0 aliphatic heterocycles. The minimum absolute atomic E-state index is 0.114. The lowest BCUT2D eigenvalue weighted by atomic mass is 10.0. The van der Waals surface area contributed by atoms with Gasteiger partial charge in [0.1, 0.15) is 5.78 Å². The van der Waals surface area contributed by atoms with Crippen LogP contribution in [-0.4, -0.2) is 26.7 Å². The third kappa shape index (κ3) is 4.96. The quantitative estimate of drug-likeness (QED) is 0.374. The third-order valence-electron chi connectivity index (χ3n) is 4.83. The van der Waals surface area contributed by atoms with Crippen molar-refractivity contribution in [3.63, 3.8) is 0 Å². The van der Waals surface area contributed by atoms with Crippen LogP contribution in [0.1, 0.15) is 45.8 Å². The van der Waals surface area contributed by atoms with Crippen LogP contribution < -0.4 is 0 Å². The number of carbonyl (C=O) groups is 2. The predicted octanol–water partition coefficient (Wildman–Crippen LogP) is 5.35. The van der Waals surface area contributed by atoms with Crippen LogP contribution in [0.4, 0.5) is 0 Å². The van der Waals surface area contributed by atoms with Gasteiger partial charge in [-0.3, -0.25) is 19.7 Å². The van der Waals surface area contributed by atoms with E-state index in [-0.39, 0.29) is 11.6 Å². The molecule has 1 aromatic carbocycles. The minimum Gasteiger partial charge on any atom is -0.299 e. The molecule has 0 bridgehead atoms. The van der Waals surface area contributed by atoms with Gasteiger partial charge in [-0.1, -0.05) is 24.3 Å². The maximum absolute atomic E-state index is 12.4. The highest BCUT2D eigenvalue weighted by Gasteiger charge is 2.10. The van der Waals surface area contributed by atoms with E-state index in [1.807, 2.05) is 60.0 Å². The van der Waals surface area contributed by atoms with Crippen molar-refractivity contribution in [1.82, 2.24) is 15.2 Å². The summed E-state index contributed by atoms with van der Waals surface area (Å²) in [7, 11) is 0. The first-order valence-electron chi connectivity index (χ1n) is 9.82. The summed E-state index contributed by atoms with van der Waals surface area (Å²) in [6.45, 7) is 0. The average Bonchev–Trinajstić information content (AvgIpc) is 3.43. The van der Waals surface area contributed by atoms with Gasteiger partial charge >= 0.3 is 0 Å². The van der Waals surface area contributed by atoms with E-state index in [1.165, 1.54) is 11.3 Å². The van der Waals surface area contributed by atoms with Gasteiger partial charge in [-0.05, 0) is 53.3 Å². The van der Waals surface area contributed by atoms with Gasteiger partial charge in [-0.2, -0.15) is 5.10 Å². The molecule has 0 saturated carbocycles. The zero-order valence-electron chi connectivity index (χ0n) is 16.4. The molecule has 0 fully saturated rings. The second kappa shape index (κ2) is 9.41. The molecular weight excluding hydrogens is 394 g/mol. The summed E-state index contributed by atoms with van der Waals surface area (Å²) in [6.07, 6.45) is 9.25. The van der Waals surface area contributed by atoms with Gasteiger partial charge in [0.15, 0.2) is 5.78 Å². The van der Waals surface area contributed by atoms with E-state index in [9.17, 15) is 9.59 Å². The number of rotatable bonds is 9. The molecule has 3 heterocycles. The van der Waals surface area contributed by atoms with Crippen LogP contribution in [0.25, 0.3) is 23.1 Å². The smallest absolute Gasteiger partial charge is 0.172 e. The number of nitrogens with one attached hydrogen (secondary N) is 1. The van der Waals surface area contributed by atoms with E-state index in [0.717, 1.165) is 32.6 Å². The number of ketones is 2. The number of thiophene rings is 1. The van der Waals surface area contributed by atoms with Crippen molar-refractivity contribution in [2.24, 2.45) is 0 Å². The summed E-state index contributed by atoms with van der Waals surface area (Å²) < 4.78 is 0. The Labute approximate surface area is 178 Å². The molecule has 4 rings (SSSR count). The first kappa shape index (κ1) is 19.9. The zero-order valence-corrected chi connectivity index (χ0v) is 17.2. The Morgan fingerprint density at radius 1 is 1.07 bits per heavy atom. The normalized spacial score (nSPS) is 11.3. The van der Waals surface area contributed by atoms with Crippen molar-refractivity contribution >= 4 is 46.0 Å². The van der Waals surface area contributed by atoms with Gasteiger partial charge in [0.25, 0.3) is 0 Å². The van der Waals surface area contributed by atoms with Crippen molar-refractivity contribution in [2.75, 3.05) is 0 Å². The van der Waals surface area contributed by atoms with Gasteiger partial charge in [0.2, 0.25) is 0 Å². The summed E-state index contributed by atoms with van der Waals surface area (Å²) in [5.74, 6) is 0.256. The Morgan fingerprint density at radius 2 is 2.00 bits per heavy atom. The van der Waals surface area contributed by atoms with Crippen LogP contribution in [0.15, 0.2) is 60.2 Å². The molecule has 0 unspecified atom stereocenters. The number of fused-ring (bicyclic) bond motifs is 1. The van der Waals surface area contributed by atoms with Gasteiger partial charge in [-0.15, -0.1) is 11.3 Å². The molecule has 0 radical (unpaired) electrons. The molecule has 0 saturated heterocycles. The maximum atomic E-state index is 12.4. The summed E-state index contributed by atoms with van der Waals surface area (Å²) in [4.78, 5) is 29.3. The highest BCUT2D eigenvalue weighted by Crippen LogP contribution is 2.21. The molecule has 1 N–H and O–H groups in total. The molecule has 0 aliphatic carbocycles. The second-order valence-corrected chi connectivity index (χ2v) is 8.03. The van der Waals surface area contributed by atoms with Gasteiger partial charge < -0.3 is 0 Å². The van der Waals surface area contributed by atoms with Crippen LogP contribution in [0, 0.1) is 0 Å². The van der Waals surface area contributed by atoms with E-state index in [0.29, 0.717) is 25.7 Å². The first-order valence-corrected chi connectivity index (χ1v) is 10.7. The fraction of sp³-hybridized carbons (Fsp3) is 0.167. The van der Waals surface area contributed by atoms with Crippen molar-refractivity contribution < 1.29 is 9.59 Å². The Bertz CT molecular complexity index is 1180. The highest BCUT2D eigenvalue weighted by atomic mass is 32.1.